The Morgan fingerprint density at radius 2 is 1.93 bits per heavy atom. The number of hydrogen-bond donors (Lipinski definition) is 4. The van der Waals surface area contributed by atoms with Gasteiger partial charge in [0, 0.05) is 6.42 Å². The van der Waals surface area contributed by atoms with Crippen LogP contribution in [-0.4, -0.2) is 35.0 Å². The van der Waals surface area contributed by atoms with E-state index in [1.165, 1.54) is 6.92 Å². The summed E-state index contributed by atoms with van der Waals surface area (Å²) >= 11 is 0. The number of carbonyl (C=O) groups is 3. The lowest BCUT2D eigenvalue weighted by molar-refractivity contribution is -0.142. The van der Waals surface area contributed by atoms with Crippen molar-refractivity contribution in [3.8, 4) is 0 Å². The number of primary amides is 1. The molecule has 0 aromatic rings. The molecule has 7 nitrogen and oxygen atoms in total. The van der Waals surface area contributed by atoms with Crippen LogP contribution in [0.1, 0.15) is 19.8 Å². The summed E-state index contributed by atoms with van der Waals surface area (Å²) in [5, 5.41) is 10.9. The topological polar surface area (TPSA) is 136 Å². The van der Waals surface area contributed by atoms with Gasteiger partial charge in [0.25, 0.3) is 0 Å². The monoisotopic (exact) mass is 217 g/mol. The second-order valence-electron chi connectivity index (χ2n) is 3.19. The standard InChI is InChI=1S/C8H15N3O4/c1-4(9)7(13)11-5(8(14)15)2-3-6(10)12/h4-5H,2-3,9H2,1H3,(H2,10,12)(H,11,13)(H,14,15)/t4-,5-/m1/s1. The molecule has 0 radical (unpaired) electrons. The number of carbonyl (C=O) groups excluding carboxylic acids is 2. The van der Waals surface area contributed by atoms with E-state index >= 15 is 0 Å². The van der Waals surface area contributed by atoms with Crippen molar-refractivity contribution in [2.75, 3.05) is 0 Å². The van der Waals surface area contributed by atoms with E-state index in [0.29, 0.717) is 0 Å². The highest BCUT2D eigenvalue weighted by molar-refractivity contribution is 5.86. The summed E-state index contributed by atoms with van der Waals surface area (Å²) in [6.45, 7) is 1.43. The van der Waals surface area contributed by atoms with Crippen LogP contribution in [0, 0.1) is 0 Å². The molecule has 0 aromatic carbocycles. The van der Waals surface area contributed by atoms with Gasteiger partial charge in [0.15, 0.2) is 0 Å². The smallest absolute Gasteiger partial charge is 0.326 e. The Morgan fingerprint density at radius 3 is 2.27 bits per heavy atom. The SMILES string of the molecule is C[C@@H](N)C(=O)N[C@H](CCC(N)=O)C(=O)O. The van der Waals surface area contributed by atoms with Gasteiger partial charge < -0.3 is 21.9 Å². The molecule has 0 aliphatic rings. The van der Waals surface area contributed by atoms with E-state index in [-0.39, 0.29) is 12.8 Å². The molecule has 2 amide bonds. The highest BCUT2D eigenvalue weighted by Crippen LogP contribution is 1.97. The molecule has 0 fully saturated rings. The third kappa shape index (κ3) is 5.63. The Bertz CT molecular complexity index is 265. The molecule has 0 spiro atoms. The van der Waals surface area contributed by atoms with Gasteiger partial charge in [0.05, 0.1) is 6.04 Å². The number of carboxylic acids is 1. The normalized spacial score (nSPS) is 14.0. The minimum absolute atomic E-state index is 0.0386. The molecule has 86 valence electrons. The predicted octanol–water partition coefficient (Wildman–Crippen LogP) is -1.83. The maximum atomic E-state index is 11.1. The second-order valence-corrected chi connectivity index (χ2v) is 3.19. The van der Waals surface area contributed by atoms with Crippen LogP contribution in [0.4, 0.5) is 0 Å². The Labute approximate surface area is 86.8 Å². The highest BCUT2D eigenvalue weighted by Gasteiger charge is 2.21. The molecule has 0 saturated carbocycles. The summed E-state index contributed by atoms with van der Waals surface area (Å²) < 4.78 is 0. The summed E-state index contributed by atoms with van der Waals surface area (Å²) in [5.41, 5.74) is 10.1. The van der Waals surface area contributed by atoms with Crippen molar-refractivity contribution in [3.05, 3.63) is 0 Å². The third-order valence-corrected chi connectivity index (χ3v) is 1.71. The van der Waals surface area contributed by atoms with Crippen LogP contribution in [0.5, 0.6) is 0 Å². The summed E-state index contributed by atoms with van der Waals surface area (Å²) in [6.07, 6.45) is -0.140. The lowest BCUT2D eigenvalue weighted by Crippen LogP contribution is -2.47. The fourth-order valence-electron chi connectivity index (χ4n) is 0.847. The number of hydrogen-bond acceptors (Lipinski definition) is 4. The molecular formula is C8H15N3O4. The quantitative estimate of drug-likeness (QED) is 0.415. The molecule has 0 unspecified atom stereocenters. The van der Waals surface area contributed by atoms with E-state index in [2.05, 4.69) is 5.32 Å². The molecule has 0 saturated heterocycles. The Morgan fingerprint density at radius 1 is 1.40 bits per heavy atom. The average Bonchev–Trinajstić information content (AvgIpc) is 2.10. The number of nitrogens with one attached hydrogen (secondary N) is 1. The molecular weight excluding hydrogens is 202 g/mol. The van der Waals surface area contributed by atoms with E-state index < -0.39 is 29.9 Å². The number of rotatable bonds is 6. The molecule has 0 aromatic heterocycles. The minimum Gasteiger partial charge on any atom is -0.480 e. The lowest BCUT2D eigenvalue weighted by atomic mass is 10.1. The van der Waals surface area contributed by atoms with Gasteiger partial charge in [-0.1, -0.05) is 0 Å². The Hall–Kier alpha value is -1.63. The summed E-state index contributed by atoms with van der Waals surface area (Å²) in [4.78, 5) is 32.2. The molecule has 0 aliphatic heterocycles. The first-order valence-electron chi connectivity index (χ1n) is 4.41. The van der Waals surface area contributed by atoms with Crippen LogP contribution in [-0.2, 0) is 14.4 Å². The predicted molar refractivity (Wildman–Crippen MR) is 51.6 cm³/mol. The van der Waals surface area contributed by atoms with Crippen LogP contribution in [0.25, 0.3) is 0 Å². The van der Waals surface area contributed by atoms with Crippen LogP contribution in [0.2, 0.25) is 0 Å². The Balaban J connectivity index is 4.22. The summed E-state index contributed by atoms with van der Waals surface area (Å²) in [5.74, 6) is -2.41. The molecule has 0 bridgehead atoms. The maximum absolute atomic E-state index is 11.1. The number of aliphatic carboxylic acids is 1. The van der Waals surface area contributed by atoms with Crippen molar-refractivity contribution in [1.29, 1.82) is 0 Å². The largest absolute Gasteiger partial charge is 0.480 e. The van der Waals surface area contributed by atoms with Gasteiger partial charge in [-0.05, 0) is 13.3 Å². The van der Waals surface area contributed by atoms with Gasteiger partial charge in [0.1, 0.15) is 6.04 Å². The lowest BCUT2D eigenvalue weighted by Gasteiger charge is -2.14. The molecule has 0 rings (SSSR count). The number of carboxylic acid groups (broad SMARTS) is 1. The minimum atomic E-state index is -1.22. The van der Waals surface area contributed by atoms with Gasteiger partial charge in [-0.3, -0.25) is 9.59 Å². The molecule has 6 N–H and O–H groups in total. The van der Waals surface area contributed by atoms with Crippen molar-refractivity contribution in [2.24, 2.45) is 11.5 Å². The molecule has 0 aliphatic carbocycles. The van der Waals surface area contributed by atoms with E-state index in [0.717, 1.165) is 0 Å². The molecule has 0 heterocycles. The summed E-state index contributed by atoms with van der Waals surface area (Å²) in [7, 11) is 0. The van der Waals surface area contributed by atoms with E-state index in [9.17, 15) is 14.4 Å². The van der Waals surface area contributed by atoms with Crippen LogP contribution in [0.15, 0.2) is 0 Å². The number of amides is 2. The van der Waals surface area contributed by atoms with Gasteiger partial charge in [-0.2, -0.15) is 0 Å². The zero-order chi connectivity index (χ0) is 12.0. The summed E-state index contributed by atoms with van der Waals surface area (Å²) in [6, 6.07) is -1.92. The molecule has 2 atom stereocenters. The maximum Gasteiger partial charge on any atom is 0.326 e. The fraction of sp³-hybridized carbons (Fsp3) is 0.625. The van der Waals surface area contributed by atoms with E-state index in [1.807, 2.05) is 0 Å². The van der Waals surface area contributed by atoms with Crippen molar-refractivity contribution < 1.29 is 19.5 Å². The molecule has 15 heavy (non-hydrogen) atoms. The first-order chi connectivity index (χ1) is 6.84. The van der Waals surface area contributed by atoms with Gasteiger partial charge >= 0.3 is 5.97 Å². The van der Waals surface area contributed by atoms with Crippen LogP contribution in [0.3, 0.4) is 0 Å². The van der Waals surface area contributed by atoms with Gasteiger partial charge in [-0.15, -0.1) is 0 Å². The fourth-order valence-corrected chi connectivity index (χ4v) is 0.847. The highest BCUT2D eigenvalue weighted by atomic mass is 16.4. The van der Waals surface area contributed by atoms with Crippen LogP contribution >= 0.6 is 0 Å². The zero-order valence-electron chi connectivity index (χ0n) is 8.40. The zero-order valence-corrected chi connectivity index (χ0v) is 8.40. The van der Waals surface area contributed by atoms with E-state index in [1.54, 1.807) is 0 Å². The van der Waals surface area contributed by atoms with Crippen LogP contribution < -0.4 is 16.8 Å². The van der Waals surface area contributed by atoms with Crippen molar-refractivity contribution in [1.82, 2.24) is 5.32 Å². The van der Waals surface area contributed by atoms with Crippen molar-refractivity contribution in [2.45, 2.75) is 31.8 Å². The third-order valence-electron chi connectivity index (χ3n) is 1.71. The first-order valence-corrected chi connectivity index (χ1v) is 4.41. The van der Waals surface area contributed by atoms with Crippen molar-refractivity contribution >= 4 is 17.8 Å². The number of nitrogens with two attached hydrogens (primary N) is 2. The first kappa shape index (κ1) is 13.4. The second kappa shape index (κ2) is 5.97. The Kier molecular flexibility index (Phi) is 5.32. The average molecular weight is 217 g/mol. The van der Waals surface area contributed by atoms with Crippen molar-refractivity contribution in [3.63, 3.8) is 0 Å². The van der Waals surface area contributed by atoms with Gasteiger partial charge in [-0.25, -0.2) is 4.79 Å². The van der Waals surface area contributed by atoms with Gasteiger partial charge in [0.2, 0.25) is 11.8 Å². The van der Waals surface area contributed by atoms with E-state index in [4.69, 9.17) is 16.6 Å². The molecule has 7 heteroatoms.